The lowest BCUT2D eigenvalue weighted by molar-refractivity contribution is 0.282. The van der Waals surface area contributed by atoms with Gasteiger partial charge in [0.15, 0.2) is 27.8 Å². The van der Waals surface area contributed by atoms with Gasteiger partial charge in [-0.2, -0.15) is 0 Å². The Hall–Kier alpha value is -4.23. The van der Waals surface area contributed by atoms with Crippen LogP contribution >= 0.6 is 11.3 Å². The standard InChI is InChI=1S/C37H40N2O4S/c1-40-31-14-10-26(22-33(31)42-3)16-20-38-36-39(21-17-27-11-15-32(41-2)34(23-27)43-4)35(25-44-36)37(18-7-19-37)30-13-12-28-8-5-6-9-29(28)24-30/h5-6,8-15,22-25H,7,16-21H2,1-4H3/b38-36+. The quantitative estimate of drug-likeness (QED) is 0.146. The van der Waals surface area contributed by atoms with Crippen LogP contribution < -0.4 is 23.7 Å². The van der Waals surface area contributed by atoms with Crippen molar-refractivity contribution in [3.63, 3.8) is 0 Å². The summed E-state index contributed by atoms with van der Waals surface area (Å²) in [4.78, 5) is 6.24. The third-order valence-electron chi connectivity index (χ3n) is 8.96. The van der Waals surface area contributed by atoms with Gasteiger partial charge in [0.05, 0.1) is 28.4 Å². The van der Waals surface area contributed by atoms with Crippen LogP contribution in [0.3, 0.4) is 0 Å². The molecule has 0 atom stereocenters. The number of benzene rings is 4. The zero-order valence-corrected chi connectivity index (χ0v) is 26.8. The van der Waals surface area contributed by atoms with Gasteiger partial charge in [-0.25, -0.2) is 0 Å². The zero-order valence-electron chi connectivity index (χ0n) is 26.0. The fraction of sp³-hybridized carbons (Fsp3) is 0.324. The molecular formula is C37H40N2O4S. The van der Waals surface area contributed by atoms with E-state index >= 15 is 0 Å². The summed E-state index contributed by atoms with van der Waals surface area (Å²) in [6.07, 6.45) is 5.19. The van der Waals surface area contributed by atoms with Crippen LogP contribution in [0.5, 0.6) is 23.0 Å². The van der Waals surface area contributed by atoms with E-state index in [0.717, 1.165) is 60.0 Å². The molecule has 1 saturated carbocycles. The Kier molecular flexibility index (Phi) is 8.94. The molecule has 0 N–H and O–H groups in total. The predicted octanol–water partition coefficient (Wildman–Crippen LogP) is 7.59. The molecule has 0 unspecified atom stereocenters. The van der Waals surface area contributed by atoms with E-state index in [1.165, 1.54) is 39.6 Å². The summed E-state index contributed by atoms with van der Waals surface area (Å²) in [6, 6.07) is 28.0. The Morgan fingerprint density at radius 3 is 1.95 bits per heavy atom. The summed E-state index contributed by atoms with van der Waals surface area (Å²) < 4.78 is 24.5. The van der Waals surface area contributed by atoms with Crippen molar-refractivity contribution in [2.45, 2.75) is 44.1 Å². The molecule has 0 radical (unpaired) electrons. The van der Waals surface area contributed by atoms with E-state index in [1.54, 1.807) is 39.8 Å². The second-order valence-electron chi connectivity index (χ2n) is 11.3. The van der Waals surface area contributed by atoms with Crippen molar-refractivity contribution in [3.05, 3.63) is 111 Å². The summed E-state index contributed by atoms with van der Waals surface area (Å²) in [7, 11) is 6.69. The minimum atomic E-state index is -0.00471. The molecule has 1 aliphatic rings. The average Bonchev–Trinajstić information content (AvgIpc) is 3.45. The molecule has 1 aliphatic carbocycles. The summed E-state index contributed by atoms with van der Waals surface area (Å²) in [5.41, 5.74) is 5.14. The molecule has 1 aromatic heterocycles. The number of aromatic nitrogens is 1. The van der Waals surface area contributed by atoms with E-state index in [-0.39, 0.29) is 5.41 Å². The predicted molar refractivity (Wildman–Crippen MR) is 178 cm³/mol. The lowest BCUT2D eigenvalue weighted by Gasteiger charge is -2.43. The summed E-state index contributed by atoms with van der Waals surface area (Å²) in [6.45, 7) is 1.52. The molecular weight excluding hydrogens is 568 g/mol. The maximum atomic E-state index is 5.60. The fourth-order valence-corrected chi connectivity index (χ4v) is 7.41. The molecule has 5 aromatic rings. The molecule has 44 heavy (non-hydrogen) atoms. The van der Waals surface area contributed by atoms with Gasteiger partial charge in [0.25, 0.3) is 0 Å². The van der Waals surface area contributed by atoms with Crippen molar-refractivity contribution < 1.29 is 18.9 Å². The lowest BCUT2D eigenvalue weighted by atomic mass is 9.62. The van der Waals surface area contributed by atoms with Crippen molar-refractivity contribution in [3.8, 4) is 23.0 Å². The highest BCUT2D eigenvalue weighted by atomic mass is 32.1. The molecule has 1 heterocycles. The summed E-state index contributed by atoms with van der Waals surface area (Å²) in [5.74, 6) is 2.99. The normalized spacial score (nSPS) is 14.3. The molecule has 1 fully saturated rings. The molecule has 0 saturated heterocycles. The van der Waals surface area contributed by atoms with Gasteiger partial charge in [0, 0.05) is 29.6 Å². The van der Waals surface area contributed by atoms with Gasteiger partial charge in [-0.3, -0.25) is 4.99 Å². The minimum Gasteiger partial charge on any atom is -0.493 e. The Labute approximate surface area is 263 Å². The molecule has 0 amide bonds. The molecule has 4 aromatic carbocycles. The lowest BCUT2D eigenvalue weighted by Crippen LogP contribution is -2.39. The molecule has 7 heteroatoms. The first-order chi connectivity index (χ1) is 21.6. The number of methoxy groups -OCH3 is 4. The maximum absolute atomic E-state index is 5.60. The van der Waals surface area contributed by atoms with Crippen LogP contribution in [0.1, 0.15) is 41.6 Å². The minimum absolute atomic E-state index is 0.00471. The monoisotopic (exact) mass is 608 g/mol. The highest BCUT2D eigenvalue weighted by Gasteiger charge is 2.43. The van der Waals surface area contributed by atoms with Crippen molar-refractivity contribution in [2.24, 2.45) is 4.99 Å². The number of fused-ring (bicyclic) bond motifs is 1. The van der Waals surface area contributed by atoms with Gasteiger partial charge < -0.3 is 23.5 Å². The first kappa shape index (κ1) is 29.8. The maximum Gasteiger partial charge on any atom is 0.184 e. The van der Waals surface area contributed by atoms with E-state index < -0.39 is 0 Å². The van der Waals surface area contributed by atoms with Crippen molar-refractivity contribution in [1.82, 2.24) is 4.57 Å². The number of nitrogens with zero attached hydrogens (tertiary/aromatic N) is 2. The van der Waals surface area contributed by atoms with Crippen LogP contribution in [0.2, 0.25) is 0 Å². The Morgan fingerprint density at radius 2 is 1.34 bits per heavy atom. The van der Waals surface area contributed by atoms with E-state index in [0.29, 0.717) is 6.54 Å². The van der Waals surface area contributed by atoms with E-state index in [4.69, 9.17) is 23.9 Å². The van der Waals surface area contributed by atoms with Crippen molar-refractivity contribution >= 4 is 22.1 Å². The number of hydrogen-bond donors (Lipinski definition) is 0. The van der Waals surface area contributed by atoms with Crippen LogP contribution in [0.15, 0.2) is 89.2 Å². The summed E-state index contributed by atoms with van der Waals surface area (Å²) >= 11 is 1.76. The zero-order chi connectivity index (χ0) is 30.5. The van der Waals surface area contributed by atoms with Gasteiger partial charge in [0.1, 0.15) is 0 Å². The van der Waals surface area contributed by atoms with Crippen LogP contribution in [0.25, 0.3) is 10.8 Å². The number of thiazole rings is 1. The Morgan fingerprint density at radius 1 is 0.705 bits per heavy atom. The highest BCUT2D eigenvalue weighted by Crippen LogP contribution is 2.49. The van der Waals surface area contributed by atoms with Gasteiger partial charge in [-0.15, -0.1) is 11.3 Å². The van der Waals surface area contributed by atoms with Gasteiger partial charge in [0.2, 0.25) is 0 Å². The van der Waals surface area contributed by atoms with E-state index in [1.807, 2.05) is 18.2 Å². The average molecular weight is 609 g/mol. The molecule has 6 rings (SSSR count). The number of aryl methyl sites for hydroxylation is 1. The Balaban J connectivity index is 1.35. The van der Waals surface area contributed by atoms with Crippen LogP contribution in [0, 0.1) is 0 Å². The molecule has 0 spiro atoms. The Bertz CT molecular complexity index is 1820. The second-order valence-corrected chi connectivity index (χ2v) is 12.1. The third kappa shape index (κ3) is 5.81. The topological polar surface area (TPSA) is 54.2 Å². The second kappa shape index (κ2) is 13.2. The van der Waals surface area contributed by atoms with Crippen molar-refractivity contribution in [1.29, 1.82) is 0 Å². The molecule has 0 bridgehead atoms. The molecule has 0 aliphatic heterocycles. The SMILES string of the molecule is COc1ccc(CC/N=c2/scc(C3(c4ccc5ccccc5c4)CCC3)n2CCc2ccc(OC)c(OC)c2)cc1OC. The van der Waals surface area contributed by atoms with Crippen molar-refractivity contribution in [2.75, 3.05) is 35.0 Å². The number of hydrogen-bond acceptors (Lipinski definition) is 6. The highest BCUT2D eigenvalue weighted by molar-refractivity contribution is 7.07. The fourth-order valence-electron chi connectivity index (χ4n) is 6.35. The smallest absolute Gasteiger partial charge is 0.184 e. The first-order valence-electron chi connectivity index (χ1n) is 15.2. The van der Waals surface area contributed by atoms with Crippen LogP contribution in [-0.4, -0.2) is 39.6 Å². The van der Waals surface area contributed by atoms with Gasteiger partial charge >= 0.3 is 0 Å². The number of ether oxygens (including phenoxy) is 4. The van der Waals surface area contributed by atoms with E-state index in [2.05, 4.69) is 70.6 Å². The van der Waals surface area contributed by atoms with Gasteiger partial charge in [-0.05, 0) is 77.4 Å². The summed E-state index contributed by atoms with van der Waals surface area (Å²) in [5, 5.41) is 4.93. The number of rotatable bonds is 12. The van der Waals surface area contributed by atoms with Gasteiger partial charge in [-0.1, -0.05) is 61.0 Å². The third-order valence-corrected chi connectivity index (χ3v) is 9.87. The largest absolute Gasteiger partial charge is 0.493 e. The van der Waals surface area contributed by atoms with Crippen LogP contribution in [-0.2, 0) is 24.8 Å². The van der Waals surface area contributed by atoms with Crippen LogP contribution in [0.4, 0.5) is 0 Å². The molecule has 6 nitrogen and oxygen atoms in total. The molecule has 228 valence electrons. The first-order valence-corrected chi connectivity index (χ1v) is 16.1. The van der Waals surface area contributed by atoms with E-state index in [9.17, 15) is 0 Å².